The molecule has 0 aliphatic carbocycles. The fourth-order valence-corrected chi connectivity index (χ4v) is 1.78. The molecule has 0 aliphatic rings. The topological polar surface area (TPSA) is 94.3 Å². The Morgan fingerprint density at radius 2 is 1.95 bits per heavy atom. The SMILES string of the molecule is Nc1ncccc1C(=O)OCC(=O)NCc1ccc(Cl)cc1. The molecule has 2 aromatic rings. The summed E-state index contributed by atoms with van der Waals surface area (Å²) in [6.45, 7) is -0.0661. The molecule has 0 atom stereocenters. The molecule has 3 N–H and O–H groups in total. The van der Waals surface area contributed by atoms with Crippen molar-refractivity contribution in [3.63, 3.8) is 0 Å². The van der Waals surface area contributed by atoms with Gasteiger partial charge in [-0.25, -0.2) is 9.78 Å². The average Bonchev–Trinajstić information content (AvgIpc) is 2.52. The minimum atomic E-state index is -0.688. The molecule has 7 heteroatoms. The van der Waals surface area contributed by atoms with E-state index in [1.807, 2.05) is 0 Å². The van der Waals surface area contributed by atoms with Gasteiger partial charge in [0.15, 0.2) is 6.61 Å². The summed E-state index contributed by atoms with van der Waals surface area (Å²) < 4.78 is 4.89. The molecule has 1 aromatic carbocycles. The molecule has 0 radical (unpaired) electrons. The van der Waals surface area contributed by atoms with Crippen molar-refractivity contribution in [1.82, 2.24) is 10.3 Å². The molecule has 1 aromatic heterocycles. The first-order chi connectivity index (χ1) is 10.6. The van der Waals surface area contributed by atoms with Gasteiger partial charge in [0.1, 0.15) is 11.4 Å². The molecule has 0 saturated carbocycles. The van der Waals surface area contributed by atoms with Gasteiger partial charge in [0, 0.05) is 17.8 Å². The Morgan fingerprint density at radius 3 is 2.64 bits per heavy atom. The third kappa shape index (κ3) is 4.46. The summed E-state index contributed by atoms with van der Waals surface area (Å²) in [6, 6.07) is 10.1. The summed E-state index contributed by atoms with van der Waals surface area (Å²) >= 11 is 5.77. The molecule has 1 amide bonds. The number of aromatic nitrogens is 1. The number of pyridine rings is 1. The Kier molecular flexibility index (Phi) is 5.32. The first-order valence-electron chi connectivity index (χ1n) is 6.45. The summed E-state index contributed by atoms with van der Waals surface area (Å²) in [6.07, 6.45) is 1.46. The molecule has 0 bridgehead atoms. The van der Waals surface area contributed by atoms with Crippen LogP contribution in [-0.4, -0.2) is 23.5 Å². The number of benzene rings is 1. The van der Waals surface area contributed by atoms with E-state index >= 15 is 0 Å². The van der Waals surface area contributed by atoms with Crippen molar-refractivity contribution >= 4 is 29.3 Å². The Morgan fingerprint density at radius 1 is 1.23 bits per heavy atom. The van der Waals surface area contributed by atoms with E-state index in [1.165, 1.54) is 12.3 Å². The highest BCUT2D eigenvalue weighted by Gasteiger charge is 2.13. The number of nitrogens with zero attached hydrogens (tertiary/aromatic N) is 1. The van der Waals surface area contributed by atoms with E-state index in [4.69, 9.17) is 22.1 Å². The van der Waals surface area contributed by atoms with Crippen LogP contribution in [0.2, 0.25) is 5.02 Å². The third-order valence-electron chi connectivity index (χ3n) is 2.80. The van der Waals surface area contributed by atoms with Crippen molar-refractivity contribution in [2.24, 2.45) is 0 Å². The Labute approximate surface area is 132 Å². The number of hydrogen-bond donors (Lipinski definition) is 2. The van der Waals surface area contributed by atoms with Gasteiger partial charge in [-0.05, 0) is 29.8 Å². The monoisotopic (exact) mass is 319 g/mol. The Bertz CT molecular complexity index is 674. The lowest BCUT2D eigenvalue weighted by atomic mass is 10.2. The number of ether oxygens (including phenoxy) is 1. The van der Waals surface area contributed by atoms with Gasteiger partial charge >= 0.3 is 5.97 Å². The summed E-state index contributed by atoms with van der Waals surface area (Å²) in [4.78, 5) is 27.2. The van der Waals surface area contributed by atoms with Crippen LogP contribution in [0.25, 0.3) is 0 Å². The number of hydrogen-bond acceptors (Lipinski definition) is 5. The van der Waals surface area contributed by atoms with Gasteiger partial charge in [0.2, 0.25) is 0 Å². The fraction of sp³-hybridized carbons (Fsp3) is 0.133. The maximum absolute atomic E-state index is 11.7. The number of esters is 1. The largest absolute Gasteiger partial charge is 0.452 e. The number of carbonyl (C=O) groups excluding carboxylic acids is 2. The van der Waals surface area contributed by atoms with Crippen LogP contribution in [0.1, 0.15) is 15.9 Å². The minimum Gasteiger partial charge on any atom is -0.452 e. The highest BCUT2D eigenvalue weighted by atomic mass is 35.5. The van der Waals surface area contributed by atoms with Crippen LogP contribution >= 0.6 is 11.6 Å². The van der Waals surface area contributed by atoms with Gasteiger partial charge in [-0.15, -0.1) is 0 Å². The molecule has 0 fully saturated rings. The standard InChI is InChI=1S/C15H14ClN3O3/c16-11-5-3-10(4-6-11)8-19-13(20)9-22-15(21)12-2-1-7-18-14(12)17/h1-7H,8-9H2,(H2,17,18)(H,19,20). The zero-order valence-electron chi connectivity index (χ0n) is 11.6. The maximum Gasteiger partial charge on any atom is 0.342 e. The van der Waals surface area contributed by atoms with Gasteiger partial charge in [0.25, 0.3) is 5.91 Å². The van der Waals surface area contributed by atoms with Gasteiger partial charge < -0.3 is 15.8 Å². The molecule has 22 heavy (non-hydrogen) atoms. The molecule has 1 heterocycles. The summed E-state index contributed by atoms with van der Waals surface area (Å²) in [5, 5.41) is 3.26. The van der Waals surface area contributed by atoms with E-state index < -0.39 is 11.9 Å². The molecule has 0 aliphatic heterocycles. The van der Waals surface area contributed by atoms with Gasteiger partial charge in [-0.1, -0.05) is 23.7 Å². The summed E-state index contributed by atoms with van der Waals surface area (Å²) in [5.41, 5.74) is 6.57. The zero-order valence-corrected chi connectivity index (χ0v) is 12.3. The molecule has 0 spiro atoms. The number of nitrogens with one attached hydrogen (secondary N) is 1. The smallest absolute Gasteiger partial charge is 0.342 e. The zero-order chi connectivity index (χ0) is 15.9. The number of halogens is 1. The van der Waals surface area contributed by atoms with Gasteiger partial charge in [-0.2, -0.15) is 0 Å². The van der Waals surface area contributed by atoms with Crippen molar-refractivity contribution in [2.75, 3.05) is 12.3 Å². The van der Waals surface area contributed by atoms with Crippen molar-refractivity contribution in [3.8, 4) is 0 Å². The van der Waals surface area contributed by atoms with Crippen LogP contribution in [0.3, 0.4) is 0 Å². The maximum atomic E-state index is 11.7. The van der Waals surface area contributed by atoms with Crippen LogP contribution in [0, 0.1) is 0 Å². The first-order valence-corrected chi connectivity index (χ1v) is 6.83. The summed E-state index contributed by atoms with van der Waals surface area (Å²) in [5.74, 6) is -1.04. The molecular weight excluding hydrogens is 306 g/mol. The lowest BCUT2D eigenvalue weighted by Gasteiger charge is -2.07. The lowest BCUT2D eigenvalue weighted by molar-refractivity contribution is -0.124. The van der Waals surface area contributed by atoms with Crippen molar-refractivity contribution < 1.29 is 14.3 Å². The van der Waals surface area contributed by atoms with Crippen molar-refractivity contribution in [2.45, 2.75) is 6.54 Å². The van der Waals surface area contributed by atoms with Crippen molar-refractivity contribution in [3.05, 3.63) is 58.7 Å². The second kappa shape index (κ2) is 7.42. The number of carbonyl (C=O) groups is 2. The van der Waals surface area contributed by atoms with Crippen LogP contribution < -0.4 is 11.1 Å². The lowest BCUT2D eigenvalue weighted by Crippen LogP contribution is -2.28. The van der Waals surface area contributed by atoms with Gasteiger partial charge in [0.05, 0.1) is 0 Å². The van der Waals surface area contributed by atoms with Gasteiger partial charge in [-0.3, -0.25) is 4.79 Å². The predicted octanol–water partition coefficient (Wildman–Crippen LogP) is 1.79. The van der Waals surface area contributed by atoms with Crippen LogP contribution in [0.15, 0.2) is 42.6 Å². The highest BCUT2D eigenvalue weighted by Crippen LogP contribution is 2.09. The quantitative estimate of drug-likeness (QED) is 0.819. The van der Waals surface area contributed by atoms with E-state index in [1.54, 1.807) is 30.3 Å². The van der Waals surface area contributed by atoms with E-state index in [0.29, 0.717) is 11.6 Å². The minimum absolute atomic E-state index is 0.0640. The second-order valence-electron chi connectivity index (χ2n) is 4.42. The second-order valence-corrected chi connectivity index (χ2v) is 4.85. The van der Waals surface area contributed by atoms with Crippen molar-refractivity contribution in [1.29, 1.82) is 0 Å². The third-order valence-corrected chi connectivity index (χ3v) is 3.05. The molecule has 0 unspecified atom stereocenters. The van der Waals surface area contributed by atoms with E-state index in [2.05, 4.69) is 10.3 Å². The number of amides is 1. The molecular formula is C15H14ClN3O3. The number of nitrogens with two attached hydrogens (primary N) is 1. The van der Waals surface area contributed by atoms with Crippen LogP contribution in [-0.2, 0) is 16.1 Å². The molecule has 114 valence electrons. The normalized spacial score (nSPS) is 10.0. The fourth-order valence-electron chi connectivity index (χ4n) is 1.65. The average molecular weight is 320 g/mol. The number of rotatable bonds is 5. The Hall–Kier alpha value is -2.60. The van der Waals surface area contributed by atoms with Crippen LogP contribution in [0.4, 0.5) is 5.82 Å². The number of nitrogen functional groups attached to an aromatic ring is 1. The molecule has 0 saturated heterocycles. The van der Waals surface area contributed by atoms with Crippen LogP contribution in [0.5, 0.6) is 0 Å². The highest BCUT2D eigenvalue weighted by molar-refractivity contribution is 6.30. The van der Waals surface area contributed by atoms with E-state index in [-0.39, 0.29) is 18.0 Å². The first kappa shape index (κ1) is 15.8. The van der Waals surface area contributed by atoms with E-state index in [0.717, 1.165) is 5.56 Å². The predicted molar refractivity (Wildman–Crippen MR) is 82.2 cm³/mol. The Balaban J connectivity index is 1.79. The molecule has 6 nitrogen and oxygen atoms in total. The van der Waals surface area contributed by atoms with E-state index in [9.17, 15) is 9.59 Å². The number of anilines is 1. The summed E-state index contributed by atoms with van der Waals surface area (Å²) in [7, 11) is 0. The molecule has 2 rings (SSSR count).